The topological polar surface area (TPSA) is 20.2 Å². The molecule has 0 saturated heterocycles. The number of unbranched alkanes of at least 4 members (excludes halogenated alkanes) is 2. The molecule has 1 heteroatoms. The van der Waals surface area contributed by atoms with Crippen LogP contribution < -0.4 is 0 Å². The summed E-state index contributed by atoms with van der Waals surface area (Å²) >= 11 is 0. The van der Waals surface area contributed by atoms with Gasteiger partial charge >= 0.3 is 0 Å². The first-order chi connectivity index (χ1) is 5.91. The monoisotopic (exact) mass is 184 g/mol. The third-order valence-electron chi connectivity index (χ3n) is 2.96. The second kappa shape index (κ2) is 5.43. The van der Waals surface area contributed by atoms with Gasteiger partial charge in [-0.05, 0) is 20.3 Å². The van der Waals surface area contributed by atoms with Crippen molar-refractivity contribution in [1.29, 1.82) is 0 Å². The van der Waals surface area contributed by atoms with Crippen LogP contribution >= 0.6 is 0 Å². The molecule has 0 amide bonds. The first-order valence-electron chi connectivity index (χ1n) is 5.29. The summed E-state index contributed by atoms with van der Waals surface area (Å²) in [6.07, 6.45) is 4.41. The van der Waals surface area contributed by atoms with E-state index in [0.717, 1.165) is 18.4 Å². The summed E-state index contributed by atoms with van der Waals surface area (Å²) < 4.78 is 0. The van der Waals surface area contributed by atoms with Gasteiger partial charge in [-0.1, -0.05) is 45.3 Å². The van der Waals surface area contributed by atoms with E-state index in [9.17, 15) is 5.11 Å². The van der Waals surface area contributed by atoms with Crippen LogP contribution in [0.25, 0.3) is 0 Å². The lowest BCUT2D eigenvalue weighted by molar-refractivity contribution is 0.00991. The Kier molecular flexibility index (Phi) is 5.31. The standard InChI is InChI=1S/C12H24O/c1-6-7-8-9-12(5,13)11(4)10(2)3/h11,13H,2,6-9H2,1,3-5H3/t11-,12-/m0/s1. The second-order valence-electron chi connectivity index (χ2n) is 4.38. The molecule has 1 nitrogen and oxygen atoms in total. The number of rotatable bonds is 6. The third-order valence-corrected chi connectivity index (χ3v) is 2.96. The summed E-state index contributed by atoms with van der Waals surface area (Å²) in [5, 5.41) is 10.1. The van der Waals surface area contributed by atoms with Gasteiger partial charge in [0, 0.05) is 5.92 Å². The highest BCUT2D eigenvalue weighted by molar-refractivity contribution is 5.02. The predicted octanol–water partition coefficient (Wildman–Crippen LogP) is 3.53. The van der Waals surface area contributed by atoms with Gasteiger partial charge in [0.15, 0.2) is 0 Å². The van der Waals surface area contributed by atoms with Crippen molar-refractivity contribution in [3.63, 3.8) is 0 Å². The van der Waals surface area contributed by atoms with Crippen molar-refractivity contribution in [3.8, 4) is 0 Å². The molecule has 0 bridgehead atoms. The fourth-order valence-electron chi connectivity index (χ4n) is 1.48. The Morgan fingerprint density at radius 3 is 2.38 bits per heavy atom. The molecule has 0 aromatic rings. The van der Waals surface area contributed by atoms with Crippen LogP contribution in [-0.2, 0) is 0 Å². The SMILES string of the molecule is C=C(C)[C@H](C)[C@@](C)(O)CCCCC. The molecular formula is C12H24O. The van der Waals surface area contributed by atoms with Gasteiger partial charge in [0.2, 0.25) is 0 Å². The Hall–Kier alpha value is -0.300. The van der Waals surface area contributed by atoms with Gasteiger partial charge in [-0.3, -0.25) is 0 Å². The molecule has 78 valence electrons. The molecule has 0 unspecified atom stereocenters. The summed E-state index contributed by atoms with van der Waals surface area (Å²) in [5.41, 5.74) is 0.502. The molecule has 0 aromatic heterocycles. The van der Waals surface area contributed by atoms with Gasteiger partial charge in [0.05, 0.1) is 5.60 Å². The van der Waals surface area contributed by atoms with Crippen molar-refractivity contribution in [1.82, 2.24) is 0 Å². The third kappa shape index (κ3) is 4.47. The molecule has 0 aliphatic carbocycles. The van der Waals surface area contributed by atoms with Crippen molar-refractivity contribution in [2.45, 2.75) is 59.0 Å². The van der Waals surface area contributed by atoms with Crippen molar-refractivity contribution in [2.75, 3.05) is 0 Å². The Morgan fingerprint density at radius 1 is 1.46 bits per heavy atom. The zero-order chi connectivity index (χ0) is 10.5. The van der Waals surface area contributed by atoms with Gasteiger partial charge in [-0.15, -0.1) is 0 Å². The number of hydrogen-bond acceptors (Lipinski definition) is 1. The molecule has 13 heavy (non-hydrogen) atoms. The fourth-order valence-corrected chi connectivity index (χ4v) is 1.48. The first-order valence-corrected chi connectivity index (χ1v) is 5.29. The molecule has 0 aliphatic rings. The summed E-state index contributed by atoms with van der Waals surface area (Å²) in [6, 6.07) is 0. The molecule has 0 saturated carbocycles. The Labute approximate surface area is 82.9 Å². The maximum absolute atomic E-state index is 10.1. The second-order valence-corrected chi connectivity index (χ2v) is 4.38. The van der Waals surface area contributed by atoms with E-state index in [1.165, 1.54) is 12.8 Å². The minimum atomic E-state index is -0.568. The van der Waals surface area contributed by atoms with Crippen molar-refractivity contribution >= 4 is 0 Å². The van der Waals surface area contributed by atoms with E-state index >= 15 is 0 Å². The van der Waals surface area contributed by atoms with E-state index in [1.54, 1.807) is 0 Å². The van der Waals surface area contributed by atoms with E-state index in [1.807, 2.05) is 20.8 Å². The van der Waals surface area contributed by atoms with Gasteiger partial charge in [-0.25, -0.2) is 0 Å². The van der Waals surface area contributed by atoms with Crippen LogP contribution in [0.5, 0.6) is 0 Å². The van der Waals surface area contributed by atoms with Crippen LogP contribution in [0, 0.1) is 5.92 Å². The fraction of sp³-hybridized carbons (Fsp3) is 0.833. The minimum Gasteiger partial charge on any atom is -0.390 e. The van der Waals surface area contributed by atoms with Crippen LogP contribution in [0.4, 0.5) is 0 Å². The van der Waals surface area contributed by atoms with E-state index < -0.39 is 5.60 Å². The highest BCUT2D eigenvalue weighted by atomic mass is 16.3. The molecule has 0 aromatic carbocycles. The first kappa shape index (κ1) is 12.7. The summed E-state index contributed by atoms with van der Waals surface area (Å²) in [5.74, 6) is 0.198. The largest absolute Gasteiger partial charge is 0.390 e. The van der Waals surface area contributed by atoms with Crippen molar-refractivity contribution in [2.24, 2.45) is 5.92 Å². The lowest BCUT2D eigenvalue weighted by Crippen LogP contribution is -2.33. The molecule has 0 spiro atoms. The van der Waals surface area contributed by atoms with Gasteiger partial charge in [0.1, 0.15) is 0 Å². The normalized spacial score (nSPS) is 17.9. The zero-order valence-electron chi connectivity index (χ0n) is 9.56. The van der Waals surface area contributed by atoms with Crippen LogP contribution in [-0.4, -0.2) is 10.7 Å². The minimum absolute atomic E-state index is 0.198. The number of aliphatic hydroxyl groups is 1. The molecule has 0 radical (unpaired) electrons. The lowest BCUT2D eigenvalue weighted by Gasteiger charge is -2.30. The molecule has 0 rings (SSSR count). The average Bonchev–Trinajstić information content (AvgIpc) is 2.03. The van der Waals surface area contributed by atoms with Crippen LogP contribution in [0.2, 0.25) is 0 Å². The quantitative estimate of drug-likeness (QED) is 0.494. The predicted molar refractivity (Wildman–Crippen MR) is 58.7 cm³/mol. The summed E-state index contributed by atoms with van der Waals surface area (Å²) in [7, 11) is 0. The van der Waals surface area contributed by atoms with E-state index in [0.29, 0.717) is 0 Å². The molecule has 2 atom stereocenters. The van der Waals surface area contributed by atoms with Gasteiger partial charge in [-0.2, -0.15) is 0 Å². The lowest BCUT2D eigenvalue weighted by atomic mass is 9.82. The number of hydrogen-bond donors (Lipinski definition) is 1. The summed E-state index contributed by atoms with van der Waals surface area (Å²) in [6.45, 7) is 12.0. The van der Waals surface area contributed by atoms with Crippen molar-refractivity contribution in [3.05, 3.63) is 12.2 Å². The molecule has 0 fully saturated rings. The van der Waals surface area contributed by atoms with Crippen LogP contribution in [0.15, 0.2) is 12.2 Å². The van der Waals surface area contributed by atoms with Crippen molar-refractivity contribution < 1.29 is 5.11 Å². The van der Waals surface area contributed by atoms with E-state index in [-0.39, 0.29) is 5.92 Å². The van der Waals surface area contributed by atoms with Gasteiger partial charge < -0.3 is 5.11 Å². The molecular weight excluding hydrogens is 160 g/mol. The van der Waals surface area contributed by atoms with Crippen LogP contribution in [0.1, 0.15) is 53.4 Å². The van der Waals surface area contributed by atoms with Gasteiger partial charge in [0.25, 0.3) is 0 Å². The average molecular weight is 184 g/mol. The van der Waals surface area contributed by atoms with E-state index in [4.69, 9.17) is 0 Å². The molecule has 0 aliphatic heterocycles. The molecule has 0 heterocycles. The maximum Gasteiger partial charge on any atom is 0.0681 e. The maximum atomic E-state index is 10.1. The Bertz CT molecular complexity index is 159. The highest BCUT2D eigenvalue weighted by Gasteiger charge is 2.27. The highest BCUT2D eigenvalue weighted by Crippen LogP contribution is 2.28. The smallest absolute Gasteiger partial charge is 0.0681 e. The molecule has 1 N–H and O–H groups in total. The Balaban J connectivity index is 3.98. The Morgan fingerprint density at radius 2 is 2.00 bits per heavy atom. The summed E-state index contributed by atoms with van der Waals surface area (Å²) in [4.78, 5) is 0. The van der Waals surface area contributed by atoms with Crippen LogP contribution in [0.3, 0.4) is 0 Å². The zero-order valence-corrected chi connectivity index (χ0v) is 9.56. The van der Waals surface area contributed by atoms with E-state index in [2.05, 4.69) is 13.5 Å².